The summed E-state index contributed by atoms with van der Waals surface area (Å²) in [6, 6.07) is 7.85. The molecule has 1 heterocycles. The van der Waals surface area contributed by atoms with Gasteiger partial charge in [0.15, 0.2) is 0 Å². The van der Waals surface area contributed by atoms with Crippen LogP contribution < -0.4 is 0 Å². The number of hydrogen-bond acceptors (Lipinski definition) is 1. The average Bonchev–Trinajstić information content (AvgIpc) is 2.46. The molecule has 1 aromatic carbocycles. The lowest BCUT2D eigenvalue weighted by atomic mass is 10.1. The molecule has 13 heavy (non-hydrogen) atoms. The summed E-state index contributed by atoms with van der Waals surface area (Å²) >= 11 is 0. The minimum atomic E-state index is 0.192. The minimum Gasteiger partial charge on any atom is -0.334 e. The zero-order valence-corrected chi connectivity index (χ0v) is 7.79. The van der Waals surface area contributed by atoms with E-state index in [2.05, 4.69) is 6.92 Å². The molecule has 0 radical (unpaired) electrons. The molecule has 2 heteroatoms. The second kappa shape index (κ2) is 3.21. The van der Waals surface area contributed by atoms with Crippen molar-refractivity contribution in [3.8, 4) is 0 Å². The normalized spacial score (nSPS) is 14.8. The van der Waals surface area contributed by atoms with Crippen molar-refractivity contribution in [2.45, 2.75) is 19.9 Å². The molecule has 1 aliphatic heterocycles. The van der Waals surface area contributed by atoms with E-state index in [9.17, 15) is 4.79 Å². The predicted molar refractivity (Wildman–Crippen MR) is 51.5 cm³/mol. The molecule has 2 nitrogen and oxygen atoms in total. The van der Waals surface area contributed by atoms with Crippen molar-refractivity contribution in [3.63, 3.8) is 0 Å². The van der Waals surface area contributed by atoms with E-state index in [1.807, 2.05) is 29.2 Å². The van der Waals surface area contributed by atoms with Crippen LogP contribution in [-0.2, 0) is 6.54 Å². The van der Waals surface area contributed by atoms with Crippen molar-refractivity contribution in [1.82, 2.24) is 4.90 Å². The van der Waals surface area contributed by atoms with Crippen molar-refractivity contribution in [2.75, 3.05) is 6.54 Å². The number of rotatable bonds is 2. The molecule has 0 aliphatic carbocycles. The molecule has 1 aliphatic rings. The number of benzene rings is 1. The maximum atomic E-state index is 11.7. The Morgan fingerprint density at radius 3 is 2.85 bits per heavy atom. The van der Waals surface area contributed by atoms with Crippen molar-refractivity contribution in [2.24, 2.45) is 0 Å². The number of hydrogen-bond donors (Lipinski definition) is 0. The largest absolute Gasteiger partial charge is 0.334 e. The summed E-state index contributed by atoms with van der Waals surface area (Å²) in [4.78, 5) is 13.6. The molecule has 0 aromatic heterocycles. The van der Waals surface area contributed by atoms with Gasteiger partial charge in [-0.1, -0.05) is 25.1 Å². The summed E-state index contributed by atoms with van der Waals surface area (Å²) < 4.78 is 0. The minimum absolute atomic E-state index is 0.192. The van der Waals surface area contributed by atoms with Crippen molar-refractivity contribution in [1.29, 1.82) is 0 Å². The molecule has 2 rings (SSSR count). The van der Waals surface area contributed by atoms with Gasteiger partial charge >= 0.3 is 0 Å². The summed E-state index contributed by atoms with van der Waals surface area (Å²) in [5, 5.41) is 0. The van der Waals surface area contributed by atoms with Gasteiger partial charge in [-0.25, -0.2) is 0 Å². The van der Waals surface area contributed by atoms with E-state index < -0.39 is 0 Å². The van der Waals surface area contributed by atoms with Gasteiger partial charge in [-0.15, -0.1) is 0 Å². The molecule has 0 bridgehead atoms. The molecule has 0 atom stereocenters. The third kappa shape index (κ3) is 1.32. The first-order valence-corrected chi connectivity index (χ1v) is 4.70. The first-order chi connectivity index (χ1) is 6.33. The molecular weight excluding hydrogens is 162 g/mol. The number of fused-ring (bicyclic) bond motifs is 1. The van der Waals surface area contributed by atoms with Crippen LogP contribution in [0.3, 0.4) is 0 Å². The molecule has 0 saturated heterocycles. The fraction of sp³-hybridized carbons (Fsp3) is 0.364. The van der Waals surface area contributed by atoms with Gasteiger partial charge in [-0.2, -0.15) is 0 Å². The average molecular weight is 175 g/mol. The molecule has 0 N–H and O–H groups in total. The monoisotopic (exact) mass is 175 g/mol. The van der Waals surface area contributed by atoms with Gasteiger partial charge < -0.3 is 4.90 Å². The SMILES string of the molecule is CCCN1Cc2ccccc2C1=O. The van der Waals surface area contributed by atoms with Gasteiger partial charge in [0.1, 0.15) is 0 Å². The van der Waals surface area contributed by atoms with E-state index in [1.54, 1.807) is 0 Å². The van der Waals surface area contributed by atoms with Crippen molar-refractivity contribution >= 4 is 5.91 Å². The smallest absolute Gasteiger partial charge is 0.254 e. The Hall–Kier alpha value is -1.31. The van der Waals surface area contributed by atoms with Crippen LogP contribution in [0, 0.1) is 0 Å². The lowest BCUT2D eigenvalue weighted by Gasteiger charge is -2.13. The molecular formula is C11H13NO. The Morgan fingerprint density at radius 2 is 2.15 bits per heavy atom. The second-order valence-electron chi connectivity index (χ2n) is 3.38. The van der Waals surface area contributed by atoms with Crippen LogP contribution in [0.5, 0.6) is 0 Å². The summed E-state index contributed by atoms with van der Waals surface area (Å²) in [5.41, 5.74) is 2.05. The lowest BCUT2D eigenvalue weighted by Crippen LogP contribution is -2.24. The van der Waals surface area contributed by atoms with Crippen molar-refractivity contribution in [3.05, 3.63) is 35.4 Å². The molecule has 0 spiro atoms. The van der Waals surface area contributed by atoms with Gasteiger partial charge in [0, 0.05) is 18.7 Å². The Bertz CT molecular complexity index is 333. The van der Waals surface area contributed by atoms with Crippen LogP contribution in [0.4, 0.5) is 0 Å². The van der Waals surface area contributed by atoms with E-state index in [4.69, 9.17) is 0 Å². The van der Waals surface area contributed by atoms with E-state index in [1.165, 1.54) is 5.56 Å². The highest BCUT2D eigenvalue weighted by atomic mass is 16.2. The van der Waals surface area contributed by atoms with E-state index >= 15 is 0 Å². The molecule has 0 fully saturated rings. The molecule has 68 valence electrons. The topological polar surface area (TPSA) is 20.3 Å². The fourth-order valence-electron chi connectivity index (χ4n) is 1.77. The number of nitrogens with zero attached hydrogens (tertiary/aromatic N) is 1. The van der Waals surface area contributed by atoms with Crippen molar-refractivity contribution < 1.29 is 4.79 Å². The zero-order valence-electron chi connectivity index (χ0n) is 7.79. The Morgan fingerprint density at radius 1 is 1.38 bits per heavy atom. The molecule has 1 aromatic rings. The summed E-state index contributed by atoms with van der Waals surface area (Å²) in [6.45, 7) is 3.76. The summed E-state index contributed by atoms with van der Waals surface area (Å²) in [5.74, 6) is 0.192. The molecule has 0 saturated carbocycles. The van der Waals surface area contributed by atoms with Crippen LogP contribution in [-0.4, -0.2) is 17.4 Å². The maximum Gasteiger partial charge on any atom is 0.254 e. The predicted octanol–water partition coefficient (Wildman–Crippen LogP) is 2.05. The summed E-state index contributed by atoms with van der Waals surface area (Å²) in [6.07, 6.45) is 1.03. The van der Waals surface area contributed by atoms with Crippen LogP contribution in [0.1, 0.15) is 29.3 Å². The second-order valence-corrected chi connectivity index (χ2v) is 3.38. The van der Waals surface area contributed by atoms with Crippen LogP contribution in [0.2, 0.25) is 0 Å². The van der Waals surface area contributed by atoms with Gasteiger partial charge in [0.05, 0.1) is 0 Å². The van der Waals surface area contributed by atoms with Crippen LogP contribution in [0.15, 0.2) is 24.3 Å². The first kappa shape index (κ1) is 8.30. The highest BCUT2D eigenvalue weighted by Gasteiger charge is 2.25. The quantitative estimate of drug-likeness (QED) is 0.673. The first-order valence-electron chi connectivity index (χ1n) is 4.70. The highest BCUT2D eigenvalue weighted by Crippen LogP contribution is 2.21. The Balaban J connectivity index is 2.28. The standard InChI is InChI=1S/C11H13NO/c1-2-7-12-8-9-5-3-4-6-10(9)11(12)13/h3-6H,2,7-8H2,1H3. The Labute approximate surface area is 78.2 Å². The third-order valence-corrected chi connectivity index (χ3v) is 2.39. The van der Waals surface area contributed by atoms with E-state index in [0.29, 0.717) is 0 Å². The van der Waals surface area contributed by atoms with Gasteiger partial charge in [-0.3, -0.25) is 4.79 Å². The molecule has 0 unspecified atom stereocenters. The fourth-order valence-corrected chi connectivity index (χ4v) is 1.77. The molecule has 1 amide bonds. The highest BCUT2D eigenvalue weighted by molar-refractivity contribution is 5.98. The Kier molecular flexibility index (Phi) is 2.05. The van der Waals surface area contributed by atoms with Gasteiger partial charge in [-0.05, 0) is 18.1 Å². The third-order valence-electron chi connectivity index (χ3n) is 2.39. The van der Waals surface area contributed by atoms with E-state index in [0.717, 1.165) is 25.1 Å². The zero-order chi connectivity index (χ0) is 9.26. The number of carbonyl (C=O) groups excluding carboxylic acids is 1. The maximum absolute atomic E-state index is 11.7. The van der Waals surface area contributed by atoms with Crippen LogP contribution >= 0.6 is 0 Å². The number of carbonyl (C=O) groups is 1. The summed E-state index contributed by atoms with van der Waals surface area (Å²) in [7, 11) is 0. The number of amides is 1. The van der Waals surface area contributed by atoms with Crippen LogP contribution in [0.25, 0.3) is 0 Å². The van der Waals surface area contributed by atoms with Gasteiger partial charge in [0.2, 0.25) is 0 Å². The van der Waals surface area contributed by atoms with E-state index in [-0.39, 0.29) is 5.91 Å². The lowest BCUT2D eigenvalue weighted by molar-refractivity contribution is 0.0778. The van der Waals surface area contributed by atoms with Gasteiger partial charge in [0.25, 0.3) is 5.91 Å².